The third kappa shape index (κ3) is 5.62. The molecule has 1 saturated carbocycles. The summed E-state index contributed by atoms with van der Waals surface area (Å²) in [7, 11) is -3.57. The van der Waals surface area contributed by atoms with Crippen molar-refractivity contribution in [1.82, 2.24) is 19.9 Å². The second-order valence-electron chi connectivity index (χ2n) is 7.42. The first-order valence-electron chi connectivity index (χ1n) is 9.84. The van der Waals surface area contributed by atoms with Crippen LogP contribution < -0.4 is 10.0 Å². The van der Waals surface area contributed by atoms with Gasteiger partial charge in [0, 0.05) is 11.8 Å². The third-order valence-electron chi connectivity index (χ3n) is 4.72. The van der Waals surface area contributed by atoms with Gasteiger partial charge in [0.15, 0.2) is 5.69 Å². The van der Waals surface area contributed by atoms with Gasteiger partial charge in [-0.2, -0.15) is 13.2 Å². The molecule has 1 amide bonds. The number of benzene rings is 1. The predicted octanol–water partition coefficient (Wildman–Crippen LogP) is 3.18. The maximum atomic E-state index is 14.5. The van der Waals surface area contributed by atoms with Crippen LogP contribution in [0.1, 0.15) is 24.2 Å². The molecule has 3 aromatic rings. The van der Waals surface area contributed by atoms with Gasteiger partial charge in [0.1, 0.15) is 5.82 Å². The molecule has 1 fully saturated rings. The fourth-order valence-electron chi connectivity index (χ4n) is 2.91. The average molecular weight is 496 g/mol. The quantitative estimate of drug-likeness (QED) is 0.481. The Hall–Kier alpha value is -3.68. The summed E-state index contributed by atoms with van der Waals surface area (Å²) in [6, 6.07) is 4.80. The van der Waals surface area contributed by atoms with Gasteiger partial charge in [0.25, 0.3) is 0 Å². The number of rotatable bonds is 7. The van der Waals surface area contributed by atoms with Crippen molar-refractivity contribution >= 4 is 27.6 Å². The Morgan fingerprint density at radius 2 is 1.88 bits per heavy atom. The van der Waals surface area contributed by atoms with Gasteiger partial charge in [0.2, 0.25) is 21.9 Å². The molecule has 34 heavy (non-hydrogen) atoms. The first kappa shape index (κ1) is 23.5. The number of sulfonamides is 1. The zero-order chi connectivity index (χ0) is 24.5. The monoisotopic (exact) mass is 496 g/mol. The molecule has 0 unspecified atom stereocenters. The van der Waals surface area contributed by atoms with Crippen LogP contribution in [0.4, 0.5) is 29.2 Å². The Bertz CT molecular complexity index is 1350. The molecule has 0 aliphatic heterocycles. The number of aromatic nitrogens is 4. The van der Waals surface area contributed by atoms with Crippen molar-refractivity contribution in [3.05, 3.63) is 60.1 Å². The first-order valence-corrected chi connectivity index (χ1v) is 11.4. The minimum Gasteiger partial charge on any atom is -0.323 e. The van der Waals surface area contributed by atoms with Crippen LogP contribution in [0.15, 0.2) is 42.9 Å². The van der Waals surface area contributed by atoms with Crippen molar-refractivity contribution in [3.63, 3.8) is 0 Å². The average Bonchev–Trinajstić information content (AvgIpc) is 3.61. The summed E-state index contributed by atoms with van der Waals surface area (Å²) < 4.78 is 79.2. The molecule has 0 bridgehead atoms. The number of alkyl halides is 3. The minimum absolute atomic E-state index is 0.0393. The van der Waals surface area contributed by atoms with Crippen molar-refractivity contribution in [3.8, 4) is 11.3 Å². The number of nitrogens with one attached hydrogen (secondary N) is 2. The van der Waals surface area contributed by atoms with Crippen molar-refractivity contribution in [2.24, 2.45) is 0 Å². The Morgan fingerprint density at radius 3 is 2.56 bits per heavy atom. The molecule has 2 heterocycles. The highest BCUT2D eigenvalue weighted by Gasteiger charge is 2.36. The van der Waals surface area contributed by atoms with Crippen LogP contribution in [0, 0.1) is 5.82 Å². The number of amides is 1. The number of nitrogens with zero attached hydrogens (tertiary/aromatic N) is 4. The second-order valence-corrected chi connectivity index (χ2v) is 9.39. The van der Waals surface area contributed by atoms with Gasteiger partial charge in [-0.1, -0.05) is 6.07 Å². The van der Waals surface area contributed by atoms with Crippen molar-refractivity contribution < 1.29 is 30.8 Å². The van der Waals surface area contributed by atoms with Gasteiger partial charge in [0.05, 0.1) is 41.1 Å². The number of halogens is 4. The van der Waals surface area contributed by atoms with Crippen LogP contribution in [0.5, 0.6) is 0 Å². The Labute approximate surface area is 190 Å². The lowest BCUT2D eigenvalue weighted by Gasteiger charge is -2.10. The molecule has 1 aromatic carbocycles. The fourth-order valence-corrected chi connectivity index (χ4v) is 4.19. The van der Waals surface area contributed by atoms with Gasteiger partial charge in [-0.3, -0.25) is 14.5 Å². The van der Waals surface area contributed by atoms with E-state index in [4.69, 9.17) is 0 Å². The molecular formula is C20H16F4N6O3S. The Morgan fingerprint density at radius 1 is 1.12 bits per heavy atom. The molecule has 1 aliphatic carbocycles. The smallest absolute Gasteiger partial charge is 0.323 e. The van der Waals surface area contributed by atoms with E-state index >= 15 is 0 Å². The zero-order valence-corrected chi connectivity index (χ0v) is 18.0. The van der Waals surface area contributed by atoms with Crippen LogP contribution in [-0.2, 0) is 27.4 Å². The summed E-state index contributed by atoms with van der Waals surface area (Å²) in [5.74, 6) is -1.72. The number of anilines is 2. The van der Waals surface area contributed by atoms with Gasteiger partial charge in [-0.25, -0.2) is 27.8 Å². The predicted molar refractivity (Wildman–Crippen MR) is 112 cm³/mol. The first-order chi connectivity index (χ1) is 16.0. The summed E-state index contributed by atoms with van der Waals surface area (Å²) in [6.07, 6.45) is -0.985. The molecule has 0 radical (unpaired) electrons. The minimum atomic E-state index is -4.70. The van der Waals surface area contributed by atoms with Crippen molar-refractivity contribution in [1.29, 1.82) is 0 Å². The van der Waals surface area contributed by atoms with Crippen LogP contribution in [0.2, 0.25) is 0 Å². The number of hydrogen-bond donors (Lipinski definition) is 2. The Balaban J connectivity index is 1.43. The van der Waals surface area contributed by atoms with Gasteiger partial charge in [-0.05, 0) is 31.0 Å². The van der Waals surface area contributed by atoms with E-state index in [0.29, 0.717) is 19.0 Å². The summed E-state index contributed by atoms with van der Waals surface area (Å²) >= 11 is 0. The standard InChI is InChI=1S/C20H16F4N6O3S/c21-14-7-11(16-9-25-10-17(28-16)20(22,23)24)1-4-15(14)29-18(31)8-12-5-6-26-19(27-12)30-34(32,33)13-2-3-13/h1,4-7,9-10,13H,2-3,8H2,(H,29,31)(H,26,27,30). The summed E-state index contributed by atoms with van der Waals surface area (Å²) in [5.41, 5.74) is -1.38. The number of carbonyl (C=O) groups is 1. The molecule has 4 rings (SSSR count). The van der Waals surface area contributed by atoms with Crippen LogP contribution >= 0.6 is 0 Å². The van der Waals surface area contributed by atoms with E-state index < -0.39 is 38.9 Å². The molecule has 1 aliphatic rings. The van der Waals surface area contributed by atoms with E-state index in [2.05, 4.69) is 30.0 Å². The topological polar surface area (TPSA) is 127 Å². The van der Waals surface area contributed by atoms with E-state index in [1.807, 2.05) is 0 Å². The maximum absolute atomic E-state index is 14.5. The Kier molecular flexibility index (Phi) is 6.17. The highest BCUT2D eigenvalue weighted by Crippen LogP contribution is 2.30. The van der Waals surface area contributed by atoms with Gasteiger partial charge in [-0.15, -0.1) is 0 Å². The molecule has 0 spiro atoms. The van der Waals surface area contributed by atoms with E-state index in [9.17, 15) is 30.8 Å². The summed E-state index contributed by atoms with van der Waals surface area (Å²) in [4.78, 5) is 27.1. The SMILES string of the molecule is O=C(Cc1ccnc(NS(=O)(=O)C2CC2)n1)Nc1ccc(-c2cncc(C(F)(F)F)n2)cc1F. The molecule has 9 nitrogen and oxygen atoms in total. The molecule has 0 atom stereocenters. The van der Waals surface area contributed by atoms with Crippen molar-refractivity contribution in [2.45, 2.75) is 30.7 Å². The maximum Gasteiger partial charge on any atom is 0.434 e. The highest BCUT2D eigenvalue weighted by atomic mass is 32.2. The second kappa shape index (κ2) is 8.93. The van der Waals surface area contributed by atoms with Crippen LogP contribution in [-0.4, -0.2) is 39.5 Å². The highest BCUT2D eigenvalue weighted by molar-refractivity contribution is 7.93. The molecule has 14 heteroatoms. The van der Waals surface area contributed by atoms with Crippen LogP contribution in [0.3, 0.4) is 0 Å². The van der Waals surface area contributed by atoms with E-state index in [-0.39, 0.29) is 35.0 Å². The van der Waals surface area contributed by atoms with Gasteiger partial charge >= 0.3 is 6.18 Å². The number of carbonyl (C=O) groups excluding carboxylic acids is 1. The largest absolute Gasteiger partial charge is 0.434 e. The van der Waals surface area contributed by atoms with E-state index in [1.54, 1.807) is 0 Å². The molecule has 178 valence electrons. The lowest BCUT2D eigenvalue weighted by molar-refractivity contribution is -0.141. The van der Waals surface area contributed by atoms with E-state index in [0.717, 1.165) is 12.3 Å². The normalized spacial score (nSPS) is 14.0. The van der Waals surface area contributed by atoms with E-state index in [1.165, 1.54) is 24.4 Å². The summed E-state index contributed by atoms with van der Waals surface area (Å²) in [5, 5.41) is 1.86. The van der Waals surface area contributed by atoms with Crippen LogP contribution in [0.25, 0.3) is 11.3 Å². The molecule has 0 saturated heterocycles. The molecule has 2 aromatic heterocycles. The fraction of sp³-hybridized carbons (Fsp3) is 0.250. The van der Waals surface area contributed by atoms with Gasteiger partial charge < -0.3 is 5.32 Å². The lowest BCUT2D eigenvalue weighted by atomic mass is 10.1. The number of hydrogen-bond acceptors (Lipinski definition) is 7. The third-order valence-corrected chi connectivity index (χ3v) is 6.53. The molecular weight excluding hydrogens is 480 g/mol. The lowest BCUT2D eigenvalue weighted by Crippen LogP contribution is -2.20. The van der Waals surface area contributed by atoms with Crippen molar-refractivity contribution in [2.75, 3.05) is 10.0 Å². The molecule has 2 N–H and O–H groups in total. The summed E-state index contributed by atoms with van der Waals surface area (Å²) in [6.45, 7) is 0. The zero-order valence-electron chi connectivity index (χ0n) is 17.2.